The molecule has 0 aliphatic rings. The Labute approximate surface area is 66.5 Å². The summed E-state index contributed by atoms with van der Waals surface area (Å²) in [5.74, 6) is 0. The molecule has 0 bridgehead atoms. The second-order valence-electron chi connectivity index (χ2n) is 1.15. The van der Waals surface area contributed by atoms with Crippen LogP contribution in [0.2, 0.25) is 0 Å². The molecule has 0 saturated carbocycles. The van der Waals surface area contributed by atoms with Crippen molar-refractivity contribution in [3.63, 3.8) is 0 Å². The molecule has 0 aromatic rings. The van der Waals surface area contributed by atoms with E-state index in [1.807, 2.05) is 6.92 Å². The molecular formula is C7H10Cl2. The summed E-state index contributed by atoms with van der Waals surface area (Å²) in [6, 6.07) is 0. The third-order valence-electron chi connectivity index (χ3n) is 0.244. The number of allylic oxidation sites excluding steroid dienone is 3. The van der Waals surface area contributed by atoms with Gasteiger partial charge in [-0.2, -0.15) is 0 Å². The molecule has 9 heavy (non-hydrogen) atoms. The lowest BCUT2D eigenvalue weighted by Gasteiger charge is -1.71. The van der Waals surface area contributed by atoms with E-state index in [2.05, 4.69) is 13.2 Å². The SMILES string of the molecule is C=C(Cl)/C=C/Cl.C=CC. The van der Waals surface area contributed by atoms with Gasteiger partial charge in [0.05, 0.1) is 0 Å². The van der Waals surface area contributed by atoms with Gasteiger partial charge in [0.2, 0.25) is 0 Å². The first kappa shape index (κ1) is 11.6. The van der Waals surface area contributed by atoms with E-state index in [0.29, 0.717) is 5.03 Å². The molecule has 0 unspecified atom stereocenters. The molecule has 52 valence electrons. The fourth-order valence-electron chi connectivity index (χ4n) is 0.0684. The highest BCUT2D eigenvalue weighted by molar-refractivity contribution is 6.32. The van der Waals surface area contributed by atoms with Crippen molar-refractivity contribution in [1.29, 1.82) is 0 Å². The van der Waals surface area contributed by atoms with E-state index in [-0.39, 0.29) is 0 Å². The van der Waals surface area contributed by atoms with Crippen LogP contribution in [-0.4, -0.2) is 0 Å². The lowest BCUT2D eigenvalue weighted by Crippen LogP contribution is -1.46. The van der Waals surface area contributed by atoms with Crippen LogP contribution in [0.5, 0.6) is 0 Å². The van der Waals surface area contributed by atoms with Crippen molar-refractivity contribution >= 4 is 23.2 Å². The second kappa shape index (κ2) is 10.7. The zero-order valence-electron chi connectivity index (χ0n) is 5.40. The molecule has 0 aromatic carbocycles. The van der Waals surface area contributed by atoms with Gasteiger partial charge in [-0.05, 0) is 13.0 Å². The predicted octanol–water partition coefficient (Wildman–Crippen LogP) is 3.68. The average Bonchev–Trinajstić information content (AvgIpc) is 1.67. The Morgan fingerprint density at radius 3 is 1.89 bits per heavy atom. The van der Waals surface area contributed by atoms with Crippen molar-refractivity contribution in [2.24, 2.45) is 0 Å². The fourth-order valence-corrected chi connectivity index (χ4v) is 0.348. The van der Waals surface area contributed by atoms with Gasteiger partial charge in [-0.15, -0.1) is 6.58 Å². The van der Waals surface area contributed by atoms with E-state index in [9.17, 15) is 0 Å². The standard InChI is InChI=1S/C4H4Cl2.C3H6/c1-4(6)2-3-5;1-3-2/h2-3H,1H2;3H,1H2,2H3/b3-2+;. The minimum Gasteiger partial charge on any atom is -0.103 e. The molecule has 0 aromatic heterocycles. The van der Waals surface area contributed by atoms with Crippen LogP contribution in [-0.2, 0) is 0 Å². The summed E-state index contributed by atoms with van der Waals surface area (Å²) in [7, 11) is 0. The molecule has 0 N–H and O–H groups in total. The van der Waals surface area contributed by atoms with E-state index < -0.39 is 0 Å². The van der Waals surface area contributed by atoms with Crippen LogP contribution in [0.25, 0.3) is 0 Å². The zero-order valence-corrected chi connectivity index (χ0v) is 6.91. The quantitative estimate of drug-likeness (QED) is 0.410. The molecule has 0 aliphatic carbocycles. The largest absolute Gasteiger partial charge is 0.103 e. The molecule has 0 nitrogen and oxygen atoms in total. The average molecular weight is 165 g/mol. The van der Waals surface area contributed by atoms with Crippen LogP contribution in [0, 0.1) is 0 Å². The minimum absolute atomic E-state index is 0.449. The summed E-state index contributed by atoms with van der Waals surface area (Å²) in [6.45, 7) is 8.59. The van der Waals surface area contributed by atoms with Crippen molar-refractivity contribution in [3.8, 4) is 0 Å². The topological polar surface area (TPSA) is 0 Å². The van der Waals surface area contributed by atoms with Crippen molar-refractivity contribution < 1.29 is 0 Å². The maximum Gasteiger partial charge on any atom is 0.0342 e. The molecule has 0 radical (unpaired) electrons. The lowest BCUT2D eigenvalue weighted by molar-refractivity contribution is 1.80. The van der Waals surface area contributed by atoms with Crippen molar-refractivity contribution in [2.45, 2.75) is 6.92 Å². The first-order valence-corrected chi connectivity index (χ1v) is 3.18. The number of hydrogen-bond donors (Lipinski definition) is 0. The Morgan fingerprint density at radius 1 is 1.56 bits per heavy atom. The molecule has 0 heterocycles. The van der Waals surface area contributed by atoms with Gasteiger partial charge in [-0.25, -0.2) is 0 Å². The molecule has 0 spiro atoms. The monoisotopic (exact) mass is 164 g/mol. The van der Waals surface area contributed by atoms with Crippen molar-refractivity contribution in [1.82, 2.24) is 0 Å². The predicted molar refractivity (Wildman–Crippen MR) is 45.9 cm³/mol. The van der Waals surface area contributed by atoms with Gasteiger partial charge in [0.1, 0.15) is 0 Å². The normalized spacial score (nSPS) is 7.89. The molecule has 0 rings (SSSR count). The smallest absolute Gasteiger partial charge is 0.0342 e. The van der Waals surface area contributed by atoms with Gasteiger partial charge in [-0.3, -0.25) is 0 Å². The summed E-state index contributed by atoms with van der Waals surface area (Å²) in [4.78, 5) is 0. The van der Waals surface area contributed by atoms with Gasteiger partial charge >= 0.3 is 0 Å². The van der Waals surface area contributed by atoms with Gasteiger partial charge in [-0.1, -0.05) is 35.9 Å². The van der Waals surface area contributed by atoms with Gasteiger partial charge in [0, 0.05) is 10.6 Å². The van der Waals surface area contributed by atoms with Gasteiger partial charge < -0.3 is 0 Å². The number of rotatable bonds is 1. The Morgan fingerprint density at radius 2 is 1.89 bits per heavy atom. The fraction of sp³-hybridized carbons (Fsp3) is 0.143. The first-order valence-electron chi connectivity index (χ1n) is 2.37. The molecule has 0 aliphatic heterocycles. The molecule has 2 heteroatoms. The highest BCUT2D eigenvalue weighted by atomic mass is 35.5. The molecule has 0 amide bonds. The Balaban J connectivity index is 0. The maximum absolute atomic E-state index is 5.21. The highest BCUT2D eigenvalue weighted by Crippen LogP contribution is 1.97. The van der Waals surface area contributed by atoms with Crippen molar-refractivity contribution in [3.05, 3.63) is 35.9 Å². The van der Waals surface area contributed by atoms with Crippen LogP contribution in [0.15, 0.2) is 35.9 Å². The molecule has 0 saturated heterocycles. The van der Waals surface area contributed by atoms with Crippen LogP contribution in [0.4, 0.5) is 0 Å². The second-order valence-corrected chi connectivity index (χ2v) is 1.89. The van der Waals surface area contributed by atoms with Crippen molar-refractivity contribution in [2.75, 3.05) is 0 Å². The molecule has 0 atom stereocenters. The number of halogens is 2. The third kappa shape index (κ3) is 33.5. The first-order chi connectivity index (χ1) is 4.18. The van der Waals surface area contributed by atoms with Crippen LogP contribution >= 0.6 is 23.2 Å². The number of hydrogen-bond acceptors (Lipinski definition) is 0. The van der Waals surface area contributed by atoms with E-state index in [1.165, 1.54) is 11.6 Å². The maximum atomic E-state index is 5.21. The van der Waals surface area contributed by atoms with E-state index in [4.69, 9.17) is 23.2 Å². The Hall–Kier alpha value is -0.200. The molecular weight excluding hydrogens is 155 g/mol. The summed E-state index contributed by atoms with van der Waals surface area (Å²) in [5, 5.41) is 0.449. The summed E-state index contributed by atoms with van der Waals surface area (Å²) in [5.41, 5.74) is 1.31. The Kier molecular flexibility index (Phi) is 13.8. The summed E-state index contributed by atoms with van der Waals surface area (Å²) < 4.78 is 0. The van der Waals surface area contributed by atoms with Gasteiger partial charge in [0.25, 0.3) is 0 Å². The summed E-state index contributed by atoms with van der Waals surface area (Å²) >= 11 is 10.3. The zero-order chi connectivity index (χ0) is 7.70. The van der Waals surface area contributed by atoms with E-state index in [0.717, 1.165) is 0 Å². The van der Waals surface area contributed by atoms with Crippen LogP contribution < -0.4 is 0 Å². The van der Waals surface area contributed by atoms with E-state index >= 15 is 0 Å². The van der Waals surface area contributed by atoms with Crippen LogP contribution in [0.3, 0.4) is 0 Å². The highest BCUT2D eigenvalue weighted by Gasteiger charge is 1.68. The van der Waals surface area contributed by atoms with E-state index in [1.54, 1.807) is 6.08 Å². The minimum atomic E-state index is 0.449. The Bertz CT molecular complexity index is 103. The van der Waals surface area contributed by atoms with Gasteiger partial charge in [0.15, 0.2) is 0 Å². The lowest BCUT2D eigenvalue weighted by atomic mass is 10.6. The third-order valence-corrected chi connectivity index (χ3v) is 0.496. The van der Waals surface area contributed by atoms with Crippen LogP contribution in [0.1, 0.15) is 6.92 Å². The molecule has 0 fully saturated rings. The summed E-state index contributed by atoms with van der Waals surface area (Å²) in [6.07, 6.45) is 3.25.